The quantitative estimate of drug-likeness (QED) is 0.755. The average molecular weight is 216 g/mol. The van der Waals surface area contributed by atoms with Gasteiger partial charge in [0.15, 0.2) is 0 Å². The normalized spacial score (nSPS) is 24.2. The minimum Gasteiger partial charge on any atom is -0.309 e. The van der Waals surface area contributed by atoms with Crippen molar-refractivity contribution < 1.29 is 0 Å². The molecule has 1 fully saturated rings. The minimum absolute atomic E-state index is 0.509. The number of halogens is 1. The highest BCUT2D eigenvalue weighted by atomic mass is 35.5. The molecule has 1 aliphatic heterocycles. The lowest BCUT2D eigenvalue weighted by atomic mass is 10.1. The summed E-state index contributed by atoms with van der Waals surface area (Å²) >= 11 is 7.87. The number of nitrogens with one attached hydrogen (secondary N) is 1. The molecule has 0 aliphatic carbocycles. The zero-order valence-corrected chi connectivity index (χ0v) is 9.13. The van der Waals surface area contributed by atoms with Gasteiger partial charge in [-0.15, -0.1) is 11.3 Å². The molecule has 1 N–H and O–H groups in total. The molecule has 1 unspecified atom stereocenters. The second-order valence-corrected chi connectivity index (χ2v) is 4.84. The zero-order valence-electron chi connectivity index (χ0n) is 7.55. The lowest BCUT2D eigenvalue weighted by molar-refractivity contribution is 0.543. The maximum Gasteiger partial charge on any atom is 0.0561 e. The predicted octanol–water partition coefficient (Wildman–Crippen LogP) is 3.61. The van der Waals surface area contributed by atoms with E-state index in [1.165, 1.54) is 30.6 Å². The Morgan fingerprint density at radius 2 is 2.31 bits per heavy atom. The molecule has 0 amide bonds. The van der Waals surface area contributed by atoms with Crippen LogP contribution in [-0.4, -0.2) is 6.54 Å². The molecular formula is C10H14ClNS. The molecule has 1 aromatic rings. The standard InChI is InChI=1S/C10H14ClNS/c11-8-5-7-13-10(8)9-4-2-1-3-6-12-9/h5,7,9,12H,1-4,6H2. The van der Waals surface area contributed by atoms with Crippen LogP contribution in [0.25, 0.3) is 0 Å². The predicted molar refractivity (Wildman–Crippen MR) is 58.5 cm³/mol. The molecule has 0 aromatic carbocycles. The van der Waals surface area contributed by atoms with Gasteiger partial charge >= 0.3 is 0 Å². The summed E-state index contributed by atoms with van der Waals surface area (Å²) in [6.45, 7) is 1.14. The van der Waals surface area contributed by atoms with Crippen LogP contribution in [0.5, 0.6) is 0 Å². The highest BCUT2D eigenvalue weighted by Crippen LogP contribution is 2.32. The van der Waals surface area contributed by atoms with Crippen molar-refractivity contribution in [3.63, 3.8) is 0 Å². The zero-order chi connectivity index (χ0) is 9.10. The van der Waals surface area contributed by atoms with Crippen molar-refractivity contribution in [2.75, 3.05) is 6.54 Å². The maximum absolute atomic E-state index is 6.10. The van der Waals surface area contributed by atoms with Crippen LogP contribution in [0.4, 0.5) is 0 Å². The molecule has 0 spiro atoms. The van der Waals surface area contributed by atoms with Crippen LogP contribution < -0.4 is 5.32 Å². The van der Waals surface area contributed by atoms with Gasteiger partial charge in [-0.05, 0) is 30.8 Å². The van der Waals surface area contributed by atoms with Crippen LogP contribution in [0.2, 0.25) is 5.02 Å². The third kappa shape index (κ3) is 2.25. The van der Waals surface area contributed by atoms with Crippen LogP contribution in [0.1, 0.15) is 36.6 Å². The van der Waals surface area contributed by atoms with Gasteiger partial charge < -0.3 is 5.32 Å². The Kier molecular flexibility index (Phi) is 3.25. The molecule has 1 saturated heterocycles. The average Bonchev–Trinajstić information content (AvgIpc) is 2.43. The Labute approximate surface area is 88.1 Å². The lowest BCUT2D eigenvalue weighted by Gasteiger charge is -2.14. The van der Waals surface area contributed by atoms with Crippen LogP contribution in [0, 0.1) is 0 Å². The van der Waals surface area contributed by atoms with Crippen molar-refractivity contribution in [2.45, 2.75) is 31.7 Å². The van der Waals surface area contributed by atoms with E-state index < -0.39 is 0 Å². The van der Waals surface area contributed by atoms with E-state index in [1.807, 2.05) is 6.07 Å². The van der Waals surface area contributed by atoms with E-state index in [0.29, 0.717) is 6.04 Å². The summed E-state index contributed by atoms with van der Waals surface area (Å²) in [6.07, 6.45) is 5.22. The molecule has 1 aromatic heterocycles. The highest BCUT2D eigenvalue weighted by Gasteiger charge is 2.16. The van der Waals surface area contributed by atoms with E-state index in [2.05, 4.69) is 10.7 Å². The van der Waals surface area contributed by atoms with Crippen LogP contribution in [-0.2, 0) is 0 Å². The van der Waals surface area contributed by atoms with Gasteiger partial charge in [0.2, 0.25) is 0 Å². The number of hydrogen-bond donors (Lipinski definition) is 1. The summed E-state index contributed by atoms with van der Waals surface area (Å²) in [6, 6.07) is 2.50. The first-order chi connectivity index (χ1) is 6.38. The Morgan fingerprint density at radius 3 is 3.08 bits per heavy atom. The van der Waals surface area contributed by atoms with E-state index in [-0.39, 0.29) is 0 Å². The Hall–Kier alpha value is -0.0500. The molecule has 2 heterocycles. The van der Waals surface area contributed by atoms with Crippen molar-refractivity contribution >= 4 is 22.9 Å². The summed E-state index contributed by atoms with van der Waals surface area (Å²) in [5, 5.41) is 6.56. The summed E-state index contributed by atoms with van der Waals surface area (Å²) in [4.78, 5) is 1.32. The van der Waals surface area contributed by atoms with Crippen LogP contribution in [0.3, 0.4) is 0 Å². The summed E-state index contributed by atoms with van der Waals surface area (Å²) in [5.74, 6) is 0. The Morgan fingerprint density at radius 1 is 1.38 bits per heavy atom. The van der Waals surface area contributed by atoms with Crippen molar-refractivity contribution in [1.29, 1.82) is 0 Å². The minimum atomic E-state index is 0.509. The largest absolute Gasteiger partial charge is 0.309 e. The molecule has 0 radical (unpaired) electrons. The topological polar surface area (TPSA) is 12.0 Å². The summed E-state index contributed by atoms with van der Waals surface area (Å²) in [5.41, 5.74) is 0. The first-order valence-electron chi connectivity index (χ1n) is 4.84. The fourth-order valence-corrected chi connectivity index (χ4v) is 3.11. The van der Waals surface area contributed by atoms with Gasteiger partial charge in [0.1, 0.15) is 0 Å². The second-order valence-electron chi connectivity index (χ2n) is 3.49. The van der Waals surface area contributed by atoms with E-state index in [9.17, 15) is 0 Å². The fraction of sp³-hybridized carbons (Fsp3) is 0.600. The Balaban J connectivity index is 2.10. The molecule has 13 heavy (non-hydrogen) atoms. The summed E-state index contributed by atoms with van der Waals surface area (Å²) < 4.78 is 0. The van der Waals surface area contributed by atoms with E-state index >= 15 is 0 Å². The smallest absolute Gasteiger partial charge is 0.0561 e. The first-order valence-corrected chi connectivity index (χ1v) is 6.10. The van der Waals surface area contributed by atoms with Crippen molar-refractivity contribution in [3.8, 4) is 0 Å². The molecule has 2 rings (SSSR count). The monoisotopic (exact) mass is 215 g/mol. The maximum atomic E-state index is 6.10. The highest BCUT2D eigenvalue weighted by molar-refractivity contribution is 7.10. The van der Waals surface area contributed by atoms with E-state index in [4.69, 9.17) is 11.6 Å². The van der Waals surface area contributed by atoms with Gasteiger partial charge in [0, 0.05) is 10.9 Å². The summed E-state index contributed by atoms with van der Waals surface area (Å²) in [7, 11) is 0. The second kappa shape index (κ2) is 4.45. The van der Waals surface area contributed by atoms with Crippen LogP contribution in [0.15, 0.2) is 11.4 Å². The van der Waals surface area contributed by atoms with Crippen molar-refractivity contribution in [2.24, 2.45) is 0 Å². The van der Waals surface area contributed by atoms with Gasteiger partial charge in [-0.25, -0.2) is 0 Å². The Bertz CT molecular complexity index is 264. The van der Waals surface area contributed by atoms with E-state index in [1.54, 1.807) is 11.3 Å². The number of rotatable bonds is 1. The van der Waals surface area contributed by atoms with Gasteiger partial charge in [-0.3, -0.25) is 0 Å². The third-order valence-electron chi connectivity index (χ3n) is 2.52. The first kappa shape index (κ1) is 9.50. The van der Waals surface area contributed by atoms with Crippen LogP contribution >= 0.6 is 22.9 Å². The van der Waals surface area contributed by atoms with Gasteiger partial charge in [0.25, 0.3) is 0 Å². The van der Waals surface area contributed by atoms with E-state index in [0.717, 1.165) is 11.6 Å². The fourth-order valence-electron chi connectivity index (χ4n) is 1.81. The molecule has 3 heteroatoms. The molecule has 72 valence electrons. The number of thiophene rings is 1. The molecule has 1 nitrogen and oxygen atoms in total. The molecule has 0 bridgehead atoms. The van der Waals surface area contributed by atoms with Crippen molar-refractivity contribution in [3.05, 3.63) is 21.3 Å². The molecule has 0 saturated carbocycles. The third-order valence-corrected chi connectivity index (χ3v) is 3.99. The van der Waals surface area contributed by atoms with Gasteiger partial charge in [0.05, 0.1) is 5.02 Å². The molecule has 1 aliphatic rings. The molecular weight excluding hydrogens is 202 g/mol. The van der Waals surface area contributed by atoms with Gasteiger partial charge in [-0.2, -0.15) is 0 Å². The SMILES string of the molecule is Clc1ccsc1C1CCCCCN1. The van der Waals surface area contributed by atoms with Crippen molar-refractivity contribution in [1.82, 2.24) is 5.32 Å². The number of hydrogen-bond acceptors (Lipinski definition) is 2. The molecule has 1 atom stereocenters. The lowest BCUT2D eigenvalue weighted by Crippen LogP contribution is -2.19. The van der Waals surface area contributed by atoms with Gasteiger partial charge in [-0.1, -0.05) is 24.4 Å².